The van der Waals surface area contributed by atoms with Crippen LogP contribution in [0.4, 0.5) is 0 Å². The van der Waals surface area contributed by atoms with E-state index in [-0.39, 0.29) is 12.1 Å². The van der Waals surface area contributed by atoms with Gasteiger partial charge in [-0.25, -0.2) is 4.84 Å². The highest BCUT2D eigenvalue weighted by molar-refractivity contribution is 6.13. The largest absolute Gasteiger partial charge is 0.389 e. The van der Waals surface area contributed by atoms with Gasteiger partial charge in [0.05, 0.1) is 18.2 Å². The predicted molar refractivity (Wildman–Crippen MR) is 38.8 cm³/mol. The summed E-state index contributed by atoms with van der Waals surface area (Å²) in [5.41, 5.74) is 0. The summed E-state index contributed by atoms with van der Waals surface area (Å²) in [5.74, 6) is 0. The van der Waals surface area contributed by atoms with Gasteiger partial charge in [-0.2, -0.15) is 0 Å². The summed E-state index contributed by atoms with van der Waals surface area (Å²) >= 11 is 5.37. The molecule has 3 unspecified atom stereocenters. The van der Waals surface area contributed by atoms with Gasteiger partial charge in [0.15, 0.2) is 0 Å². The molecule has 1 heterocycles. The van der Waals surface area contributed by atoms with Gasteiger partial charge in [0.25, 0.3) is 0 Å². The van der Waals surface area contributed by atoms with E-state index in [2.05, 4.69) is 4.84 Å². The van der Waals surface area contributed by atoms with Gasteiger partial charge >= 0.3 is 0 Å². The maximum Gasteiger partial charge on any atom is 0.0965 e. The fourth-order valence-corrected chi connectivity index (χ4v) is 1.33. The zero-order chi connectivity index (χ0) is 7.56. The first-order chi connectivity index (χ1) is 4.75. The van der Waals surface area contributed by atoms with Gasteiger partial charge < -0.3 is 9.84 Å². The van der Waals surface area contributed by atoms with Crippen molar-refractivity contribution in [2.24, 2.45) is 0 Å². The summed E-state index contributed by atoms with van der Waals surface area (Å²) in [6.45, 7) is 2.51. The van der Waals surface area contributed by atoms with Crippen LogP contribution in [0.3, 0.4) is 0 Å². The van der Waals surface area contributed by atoms with E-state index in [9.17, 15) is 5.11 Å². The molecule has 0 aromatic heterocycles. The number of nitrogens with one attached hydrogen (secondary N) is 1. The standard InChI is InChI=1S/C6H12ClNO2/c1-4-6(9)5(8-7)2-3-10-4/h4-6,8-9H,2-3H2,1H3. The van der Waals surface area contributed by atoms with Crippen molar-refractivity contribution in [2.45, 2.75) is 31.6 Å². The normalized spacial score (nSPS) is 41.7. The maximum absolute atomic E-state index is 9.37. The molecule has 0 aliphatic carbocycles. The molecule has 4 heteroatoms. The van der Waals surface area contributed by atoms with Crippen LogP contribution in [0.15, 0.2) is 0 Å². The van der Waals surface area contributed by atoms with Gasteiger partial charge in [0, 0.05) is 6.61 Å². The van der Waals surface area contributed by atoms with E-state index in [0.29, 0.717) is 6.61 Å². The number of hydrogen-bond donors (Lipinski definition) is 2. The second kappa shape index (κ2) is 3.53. The van der Waals surface area contributed by atoms with Crippen LogP contribution in [0.5, 0.6) is 0 Å². The lowest BCUT2D eigenvalue weighted by Gasteiger charge is -2.31. The van der Waals surface area contributed by atoms with E-state index >= 15 is 0 Å². The molecule has 3 atom stereocenters. The van der Waals surface area contributed by atoms with Gasteiger partial charge in [-0.05, 0) is 25.1 Å². The molecule has 0 saturated carbocycles. The number of aliphatic hydroxyl groups excluding tert-OH is 1. The molecule has 1 rings (SSSR count). The van der Waals surface area contributed by atoms with Crippen molar-refractivity contribution < 1.29 is 9.84 Å². The fraction of sp³-hybridized carbons (Fsp3) is 1.00. The minimum absolute atomic E-state index is 0.0228. The third-order valence-corrected chi connectivity index (χ3v) is 2.12. The van der Waals surface area contributed by atoms with Gasteiger partial charge in [0.2, 0.25) is 0 Å². The maximum atomic E-state index is 9.37. The molecule has 0 amide bonds. The van der Waals surface area contributed by atoms with Crippen molar-refractivity contribution in [3.63, 3.8) is 0 Å². The number of rotatable bonds is 1. The second-order valence-corrected chi connectivity index (χ2v) is 2.79. The monoisotopic (exact) mass is 165 g/mol. The van der Waals surface area contributed by atoms with Crippen molar-refractivity contribution in [3.8, 4) is 0 Å². The van der Waals surface area contributed by atoms with Crippen LogP contribution in [0, 0.1) is 0 Å². The molecule has 1 aliphatic heterocycles. The van der Waals surface area contributed by atoms with Crippen LogP contribution >= 0.6 is 11.8 Å². The molecule has 0 bridgehead atoms. The first kappa shape index (κ1) is 8.27. The summed E-state index contributed by atoms with van der Waals surface area (Å²) in [6.07, 6.45) is 0.186. The molecule has 0 radical (unpaired) electrons. The Balaban J connectivity index is 2.42. The number of ether oxygens (including phenoxy) is 1. The smallest absolute Gasteiger partial charge is 0.0965 e. The summed E-state index contributed by atoms with van der Waals surface area (Å²) < 4.78 is 5.17. The average Bonchev–Trinajstić information content (AvgIpc) is 1.95. The summed E-state index contributed by atoms with van der Waals surface area (Å²) in [5, 5.41) is 9.37. The van der Waals surface area contributed by atoms with Gasteiger partial charge in [-0.1, -0.05) is 0 Å². The SMILES string of the molecule is CC1OCCC(NCl)C1O. The van der Waals surface area contributed by atoms with Crippen molar-refractivity contribution in [1.82, 2.24) is 4.84 Å². The Bertz CT molecular complexity index is 112. The van der Waals surface area contributed by atoms with Gasteiger partial charge in [0.1, 0.15) is 0 Å². The van der Waals surface area contributed by atoms with Gasteiger partial charge in [-0.3, -0.25) is 0 Å². The highest BCUT2D eigenvalue weighted by Gasteiger charge is 2.28. The lowest BCUT2D eigenvalue weighted by Crippen LogP contribution is -2.47. The van der Waals surface area contributed by atoms with Crippen molar-refractivity contribution >= 4 is 11.8 Å². The number of halogens is 1. The molecule has 3 nitrogen and oxygen atoms in total. The molecule has 60 valence electrons. The molecule has 0 aromatic carbocycles. The molecule has 1 saturated heterocycles. The Labute approximate surface area is 65.4 Å². The van der Waals surface area contributed by atoms with Crippen LogP contribution in [0.2, 0.25) is 0 Å². The first-order valence-corrected chi connectivity index (χ1v) is 3.79. The highest BCUT2D eigenvalue weighted by atomic mass is 35.5. The minimum Gasteiger partial charge on any atom is -0.389 e. The van der Waals surface area contributed by atoms with Crippen LogP contribution in [-0.2, 0) is 4.74 Å². The summed E-state index contributed by atoms with van der Waals surface area (Å²) in [4.78, 5) is 2.53. The Morgan fingerprint density at radius 3 is 2.90 bits per heavy atom. The Morgan fingerprint density at radius 2 is 2.40 bits per heavy atom. The lowest BCUT2D eigenvalue weighted by atomic mass is 10.0. The van der Waals surface area contributed by atoms with E-state index in [4.69, 9.17) is 16.5 Å². The molecule has 0 aromatic rings. The Kier molecular flexibility index (Phi) is 2.92. The number of aliphatic hydroxyl groups is 1. The van der Waals surface area contributed by atoms with Gasteiger partial charge in [-0.15, -0.1) is 0 Å². The zero-order valence-electron chi connectivity index (χ0n) is 5.88. The molecule has 1 fully saturated rings. The van der Waals surface area contributed by atoms with E-state index in [0.717, 1.165) is 6.42 Å². The van der Waals surface area contributed by atoms with E-state index < -0.39 is 6.10 Å². The lowest BCUT2D eigenvalue weighted by molar-refractivity contribution is -0.0771. The number of hydrogen-bond acceptors (Lipinski definition) is 3. The van der Waals surface area contributed by atoms with E-state index in [1.165, 1.54) is 0 Å². The second-order valence-electron chi connectivity index (χ2n) is 2.57. The molecule has 0 spiro atoms. The van der Waals surface area contributed by atoms with E-state index in [1.807, 2.05) is 6.92 Å². The summed E-state index contributed by atoms with van der Waals surface area (Å²) in [7, 11) is 0. The zero-order valence-corrected chi connectivity index (χ0v) is 6.64. The fourth-order valence-electron chi connectivity index (χ4n) is 1.10. The van der Waals surface area contributed by atoms with Crippen molar-refractivity contribution in [3.05, 3.63) is 0 Å². The van der Waals surface area contributed by atoms with Crippen LogP contribution in [0.25, 0.3) is 0 Å². The van der Waals surface area contributed by atoms with Crippen LogP contribution < -0.4 is 4.84 Å². The molecular formula is C6H12ClNO2. The topological polar surface area (TPSA) is 41.5 Å². The summed E-state index contributed by atoms with van der Waals surface area (Å²) in [6, 6.07) is -0.0228. The quantitative estimate of drug-likeness (QED) is 0.548. The third kappa shape index (κ3) is 1.61. The van der Waals surface area contributed by atoms with Crippen LogP contribution in [-0.4, -0.2) is 30.0 Å². The molecule has 1 aliphatic rings. The van der Waals surface area contributed by atoms with E-state index in [1.54, 1.807) is 0 Å². The Morgan fingerprint density at radius 1 is 1.70 bits per heavy atom. The van der Waals surface area contributed by atoms with Crippen LogP contribution in [0.1, 0.15) is 13.3 Å². The molecule has 10 heavy (non-hydrogen) atoms. The van der Waals surface area contributed by atoms with Crippen molar-refractivity contribution in [1.29, 1.82) is 0 Å². The minimum atomic E-state index is -0.480. The highest BCUT2D eigenvalue weighted by Crippen LogP contribution is 2.14. The molecule has 2 N–H and O–H groups in total. The predicted octanol–water partition coefficient (Wildman–Crippen LogP) is 0.268. The average molecular weight is 166 g/mol. The van der Waals surface area contributed by atoms with Crippen molar-refractivity contribution in [2.75, 3.05) is 6.61 Å². The first-order valence-electron chi connectivity index (χ1n) is 3.41. The Hall–Kier alpha value is 0.170. The third-order valence-electron chi connectivity index (χ3n) is 1.84. The molecular weight excluding hydrogens is 154 g/mol.